The van der Waals surface area contributed by atoms with Gasteiger partial charge in [-0.05, 0) is 144 Å². The van der Waals surface area contributed by atoms with Crippen molar-refractivity contribution in [2.75, 3.05) is 29.2 Å². The number of nitrogens with zero attached hydrogens (tertiary/aromatic N) is 4. The highest BCUT2D eigenvalue weighted by molar-refractivity contribution is 5.96. The van der Waals surface area contributed by atoms with Crippen LogP contribution < -0.4 is 15.0 Å². The highest BCUT2D eigenvalue weighted by atomic mass is 16.7. The van der Waals surface area contributed by atoms with Crippen LogP contribution >= 0.6 is 0 Å². The van der Waals surface area contributed by atoms with E-state index in [0.29, 0.717) is 12.0 Å². The van der Waals surface area contributed by atoms with Crippen LogP contribution in [0.4, 0.5) is 22.7 Å². The number of hydrogen-bond acceptors (Lipinski definition) is 7. The van der Waals surface area contributed by atoms with Gasteiger partial charge in [-0.3, -0.25) is 9.68 Å². The maximum atomic E-state index is 11.5. The van der Waals surface area contributed by atoms with Crippen molar-refractivity contribution in [1.29, 1.82) is 5.26 Å². The average Bonchev–Trinajstić information content (AvgIpc) is 3.71. The van der Waals surface area contributed by atoms with Gasteiger partial charge in [0.05, 0.1) is 36.7 Å². The first-order chi connectivity index (χ1) is 25.1. The molecule has 4 aromatic carbocycles. The first kappa shape index (κ1) is 37.7. The van der Waals surface area contributed by atoms with Crippen LogP contribution in [0, 0.1) is 11.3 Å². The van der Waals surface area contributed by atoms with E-state index in [2.05, 4.69) is 138 Å². The second kappa shape index (κ2) is 14.4. The Morgan fingerprint density at radius 1 is 0.774 bits per heavy atom. The Kier molecular flexibility index (Phi) is 10.2. The summed E-state index contributed by atoms with van der Waals surface area (Å²) >= 11 is 0. The molecule has 0 amide bonds. The van der Waals surface area contributed by atoms with E-state index in [1.54, 1.807) is 14.2 Å². The summed E-state index contributed by atoms with van der Waals surface area (Å²) in [6, 6.07) is 34.6. The molecule has 53 heavy (non-hydrogen) atoms. The van der Waals surface area contributed by atoms with Gasteiger partial charge in [-0.25, -0.2) is 14.9 Å². The highest BCUT2D eigenvalue weighted by Crippen LogP contribution is 2.53. The number of aliphatic carboxylic acids is 1. The zero-order valence-electron chi connectivity index (χ0n) is 32.5. The lowest BCUT2D eigenvalue weighted by molar-refractivity contribution is -0.132. The molecule has 0 bridgehead atoms. The Hall–Kier alpha value is -5.10. The molecular formula is C45H52N4O4. The SMILES string of the molecule is CON(c1ccc(C(C)(c2ccc(N3c4ccc(/C=C(\C#N)C(=O)O)cc4C4CCCC43)cc2)c2ccc(N(OC)C(C)(C)C)cc2)cc1)C(C)(C)C. The molecule has 0 saturated heterocycles. The molecule has 1 heterocycles. The number of carbonyl (C=O) groups is 1. The Morgan fingerprint density at radius 2 is 1.26 bits per heavy atom. The summed E-state index contributed by atoms with van der Waals surface area (Å²) in [4.78, 5) is 25.6. The van der Waals surface area contributed by atoms with Crippen LogP contribution in [0.1, 0.15) is 101 Å². The molecule has 1 fully saturated rings. The number of benzene rings is 4. The van der Waals surface area contributed by atoms with Crippen molar-refractivity contribution in [3.8, 4) is 6.07 Å². The van der Waals surface area contributed by atoms with Gasteiger partial charge >= 0.3 is 5.97 Å². The molecule has 8 nitrogen and oxygen atoms in total. The van der Waals surface area contributed by atoms with Gasteiger partial charge in [0.25, 0.3) is 0 Å². The third kappa shape index (κ3) is 7.04. The van der Waals surface area contributed by atoms with Crippen LogP contribution in [0.25, 0.3) is 6.08 Å². The lowest BCUT2D eigenvalue weighted by Gasteiger charge is -2.37. The predicted molar refractivity (Wildman–Crippen MR) is 214 cm³/mol. The van der Waals surface area contributed by atoms with Gasteiger partial charge in [-0.15, -0.1) is 0 Å². The largest absolute Gasteiger partial charge is 0.477 e. The summed E-state index contributed by atoms with van der Waals surface area (Å²) < 4.78 is 0. The third-order valence-electron chi connectivity index (χ3n) is 10.8. The van der Waals surface area contributed by atoms with Gasteiger partial charge in [0.15, 0.2) is 0 Å². The zero-order valence-corrected chi connectivity index (χ0v) is 32.5. The Bertz CT molecular complexity index is 1950. The van der Waals surface area contributed by atoms with Crippen molar-refractivity contribution in [2.45, 2.75) is 96.2 Å². The van der Waals surface area contributed by atoms with E-state index in [0.717, 1.165) is 58.7 Å². The smallest absolute Gasteiger partial charge is 0.346 e. The molecule has 6 rings (SSSR count). The number of carboxylic acids is 1. The predicted octanol–water partition coefficient (Wildman–Crippen LogP) is 10.2. The lowest BCUT2D eigenvalue weighted by Crippen LogP contribution is -2.40. The summed E-state index contributed by atoms with van der Waals surface area (Å²) in [6.45, 7) is 15.1. The Balaban J connectivity index is 1.41. The summed E-state index contributed by atoms with van der Waals surface area (Å²) in [5, 5.41) is 22.6. The quantitative estimate of drug-likeness (QED) is 0.0752. The van der Waals surface area contributed by atoms with Gasteiger partial charge in [-0.2, -0.15) is 5.26 Å². The van der Waals surface area contributed by atoms with Crippen molar-refractivity contribution >= 4 is 34.8 Å². The van der Waals surface area contributed by atoms with E-state index < -0.39 is 11.4 Å². The standard InChI is InChI=1S/C45H52N4O4/c1-43(2,3)48(52-8)36-22-16-33(17-23-36)45(7,34-18-24-37(25-19-34)49(53-9)44(4,5)6)32-14-20-35(21-15-32)47-40-12-10-11-38(40)39-28-30(13-26-41(39)47)27-31(29-46)42(50)51/h13-28,38,40H,10-12H2,1-9H3,(H,50,51)/b31-27+. The monoisotopic (exact) mass is 712 g/mol. The number of fused-ring (bicyclic) bond motifs is 3. The first-order valence-corrected chi connectivity index (χ1v) is 18.4. The molecule has 2 aliphatic rings. The molecule has 276 valence electrons. The molecule has 1 aliphatic heterocycles. The van der Waals surface area contributed by atoms with E-state index >= 15 is 0 Å². The number of nitriles is 1. The minimum atomic E-state index is -1.21. The van der Waals surface area contributed by atoms with E-state index in [1.165, 1.54) is 17.2 Å². The fourth-order valence-corrected chi connectivity index (χ4v) is 8.46. The second-order valence-corrected chi connectivity index (χ2v) is 16.3. The van der Waals surface area contributed by atoms with Crippen molar-refractivity contribution in [3.05, 3.63) is 124 Å². The maximum absolute atomic E-state index is 11.5. The number of carboxylic acid groups (broad SMARTS) is 1. The minimum Gasteiger partial charge on any atom is -0.477 e. The summed E-state index contributed by atoms with van der Waals surface area (Å²) in [7, 11) is 3.42. The van der Waals surface area contributed by atoms with Gasteiger partial charge < -0.3 is 10.0 Å². The molecule has 0 spiro atoms. The maximum Gasteiger partial charge on any atom is 0.346 e. The van der Waals surface area contributed by atoms with Crippen molar-refractivity contribution in [2.24, 2.45) is 0 Å². The first-order valence-electron chi connectivity index (χ1n) is 18.4. The minimum absolute atomic E-state index is 0.214. The van der Waals surface area contributed by atoms with E-state index in [-0.39, 0.29) is 16.7 Å². The fourth-order valence-electron chi connectivity index (χ4n) is 8.46. The molecular weight excluding hydrogens is 661 g/mol. The molecule has 2 atom stereocenters. The van der Waals surface area contributed by atoms with E-state index in [1.807, 2.05) is 22.3 Å². The Labute approximate surface area is 314 Å². The average molecular weight is 713 g/mol. The van der Waals surface area contributed by atoms with Gasteiger partial charge in [0.2, 0.25) is 0 Å². The van der Waals surface area contributed by atoms with Crippen molar-refractivity contribution < 1.29 is 19.6 Å². The molecule has 4 aromatic rings. The van der Waals surface area contributed by atoms with Crippen LogP contribution in [0.3, 0.4) is 0 Å². The molecule has 1 aliphatic carbocycles. The zero-order chi connectivity index (χ0) is 38.3. The molecule has 0 radical (unpaired) electrons. The van der Waals surface area contributed by atoms with Crippen LogP contribution in [0.2, 0.25) is 0 Å². The van der Waals surface area contributed by atoms with E-state index in [9.17, 15) is 15.2 Å². The molecule has 0 aromatic heterocycles. The topological polar surface area (TPSA) is 89.3 Å². The van der Waals surface area contributed by atoms with Crippen molar-refractivity contribution in [3.63, 3.8) is 0 Å². The van der Waals surface area contributed by atoms with Crippen LogP contribution in [-0.2, 0) is 19.9 Å². The van der Waals surface area contributed by atoms with Crippen LogP contribution in [-0.4, -0.2) is 42.4 Å². The van der Waals surface area contributed by atoms with Crippen LogP contribution in [0.15, 0.2) is 96.6 Å². The van der Waals surface area contributed by atoms with Crippen LogP contribution in [0.5, 0.6) is 0 Å². The number of hydroxylamine groups is 2. The molecule has 8 heteroatoms. The Morgan fingerprint density at radius 3 is 1.70 bits per heavy atom. The molecule has 1 N–H and O–H groups in total. The summed E-state index contributed by atoms with van der Waals surface area (Å²) in [5.74, 6) is -0.855. The molecule has 2 unspecified atom stereocenters. The van der Waals surface area contributed by atoms with Gasteiger partial charge in [0.1, 0.15) is 11.6 Å². The molecule has 1 saturated carbocycles. The second-order valence-electron chi connectivity index (χ2n) is 16.3. The fraction of sp³-hybridized carbons (Fsp3) is 0.378. The van der Waals surface area contributed by atoms with Gasteiger partial charge in [0, 0.05) is 28.7 Å². The third-order valence-corrected chi connectivity index (χ3v) is 10.8. The van der Waals surface area contributed by atoms with Crippen molar-refractivity contribution in [1.82, 2.24) is 0 Å². The van der Waals surface area contributed by atoms with Gasteiger partial charge in [-0.1, -0.05) is 48.9 Å². The lowest BCUT2D eigenvalue weighted by atomic mass is 9.71. The summed E-state index contributed by atoms with van der Waals surface area (Å²) in [5.41, 5.74) is 8.52. The highest BCUT2D eigenvalue weighted by Gasteiger charge is 2.42. The number of anilines is 4. The summed E-state index contributed by atoms with van der Waals surface area (Å²) in [6.07, 6.45) is 4.77. The number of hydrogen-bond donors (Lipinski definition) is 1. The normalized spacial score (nSPS) is 17.3. The number of rotatable bonds is 10. The van der Waals surface area contributed by atoms with E-state index in [4.69, 9.17) is 9.68 Å².